The maximum absolute atomic E-state index is 12.3. The van der Waals surface area contributed by atoms with Gasteiger partial charge in [-0.15, -0.1) is 0 Å². The highest BCUT2D eigenvalue weighted by Gasteiger charge is 2.29. The smallest absolute Gasteiger partial charge is 0.235 e. The zero-order valence-corrected chi connectivity index (χ0v) is 11.6. The summed E-state index contributed by atoms with van der Waals surface area (Å²) in [6.45, 7) is 1.41. The Morgan fingerprint density at radius 1 is 1.42 bits per heavy atom. The minimum atomic E-state index is -0.214. The molecule has 1 aliphatic rings. The lowest BCUT2D eigenvalue weighted by Gasteiger charge is -2.27. The number of carbonyl (C=O) groups excluding carboxylic acids is 2. The van der Waals surface area contributed by atoms with Gasteiger partial charge in [-0.1, -0.05) is 12.8 Å². The summed E-state index contributed by atoms with van der Waals surface area (Å²) in [6, 6.07) is 1.76. The van der Waals surface area contributed by atoms with Crippen LogP contribution in [0.25, 0.3) is 0 Å². The molecule has 1 aromatic heterocycles. The van der Waals surface area contributed by atoms with Gasteiger partial charge in [0.1, 0.15) is 11.6 Å². The van der Waals surface area contributed by atoms with Crippen molar-refractivity contribution in [3.8, 4) is 0 Å². The fourth-order valence-electron chi connectivity index (χ4n) is 2.44. The number of ketones is 1. The lowest BCUT2D eigenvalue weighted by atomic mass is 10.1. The molecule has 0 bridgehead atoms. The minimum Gasteiger partial charge on any atom is -0.299 e. The van der Waals surface area contributed by atoms with Crippen LogP contribution in [0, 0.1) is 0 Å². The Kier molecular flexibility index (Phi) is 4.47. The van der Waals surface area contributed by atoms with E-state index in [1.807, 2.05) is 0 Å². The first kappa shape index (κ1) is 13.9. The van der Waals surface area contributed by atoms with Crippen LogP contribution in [0.1, 0.15) is 39.0 Å². The predicted molar refractivity (Wildman–Crippen MR) is 72.1 cm³/mol. The van der Waals surface area contributed by atoms with E-state index in [4.69, 9.17) is 11.6 Å². The quantitative estimate of drug-likeness (QED) is 0.628. The molecule has 2 rings (SSSR count). The van der Waals surface area contributed by atoms with Crippen molar-refractivity contribution in [1.82, 2.24) is 9.97 Å². The molecule has 0 atom stereocenters. The zero-order valence-electron chi connectivity index (χ0n) is 10.8. The van der Waals surface area contributed by atoms with Crippen LogP contribution in [0.15, 0.2) is 12.3 Å². The van der Waals surface area contributed by atoms with E-state index in [1.165, 1.54) is 13.1 Å². The van der Waals surface area contributed by atoms with E-state index >= 15 is 0 Å². The van der Waals surface area contributed by atoms with Crippen molar-refractivity contribution >= 4 is 29.1 Å². The summed E-state index contributed by atoms with van der Waals surface area (Å²) < 4.78 is 0. The number of nitrogens with zero attached hydrogens (tertiary/aromatic N) is 3. The van der Waals surface area contributed by atoms with Gasteiger partial charge in [0.25, 0.3) is 0 Å². The van der Waals surface area contributed by atoms with Crippen LogP contribution in [-0.2, 0) is 9.59 Å². The van der Waals surface area contributed by atoms with E-state index in [-0.39, 0.29) is 29.4 Å². The van der Waals surface area contributed by atoms with Crippen LogP contribution < -0.4 is 4.90 Å². The first-order valence-corrected chi connectivity index (χ1v) is 6.76. The number of hydrogen-bond donors (Lipinski definition) is 0. The molecule has 0 radical (unpaired) electrons. The molecular formula is C13H16ClN3O2. The summed E-state index contributed by atoms with van der Waals surface area (Å²) in [4.78, 5) is 32.9. The number of Topliss-reactive ketones (excluding diaryl/α,β-unsaturated/α-hetero) is 1. The number of anilines is 1. The molecular weight excluding hydrogens is 266 g/mol. The third kappa shape index (κ3) is 3.50. The number of halogens is 1. The summed E-state index contributed by atoms with van der Waals surface area (Å²) in [5.74, 6) is 0.125. The average Bonchev–Trinajstić information content (AvgIpc) is 2.82. The second-order valence-corrected chi connectivity index (χ2v) is 5.10. The number of carbonyl (C=O) groups is 2. The van der Waals surface area contributed by atoms with E-state index in [2.05, 4.69) is 9.97 Å². The van der Waals surface area contributed by atoms with E-state index in [1.54, 1.807) is 11.0 Å². The third-order valence-corrected chi connectivity index (χ3v) is 3.40. The molecule has 1 saturated carbocycles. The van der Waals surface area contributed by atoms with E-state index in [9.17, 15) is 9.59 Å². The molecule has 0 unspecified atom stereocenters. The van der Waals surface area contributed by atoms with E-state index < -0.39 is 0 Å². The molecule has 1 aliphatic carbocycles. The van der Waals surface area contributed by atoms with Crippen molar-refractivity contribution in [2.24, 2.45) is 0 Å². The Balaban J connectivity index is 2.27. The molecule has 6 heteroatoms. The highest BCUT2D eigenvalue weighted by molar-refractivity contribution is 6.28. The van der Waals surface area contributed by atoms with Crippen molar-refractivity contribution in [1.29, 1.82) is 0 Å². The number of rotatable bonds is 4. The Morgan fingerprint density at radius 2 is 2.11 bits per heavy atom. The minimum absolute atomic E-state index is 0.0991. The van der Waals surface area contributed by atoms with Gasteiger partial charge in [-0.05, 0) is 37.4 Å². The molecule has 1 fully saturated rings. The van der Waals surface area contributed by atoms with Crippen molar-refractivity contribution in [2.45, 2.75) is 45.1 Å². The predicted octanol–water partition coefficient (Wildman–Crippen LogP) is 2.38. The molecule has 0 N–H and O–H groups in total. The van der Waals surface area contributed by atoms with Crippen molar-refractivity contribution in [2.75, 3.05) is 4.90 Å². The first-order chi connectivity index (χ1) is 9.08. The summed E-state index contributed by atoms with van der Waals surface area (Å²) in [6.07, 6.45) is 5.48. The standard InChI is InChI=1S/C13H16ClN3O2/c1-9(18)8-12(19)17(10-4-2-3-5-10)11-6-7-15-13(14)16-11/h6-7,10H,2-5,8H2,1H3. The molecule has 19 heavy (non-hydrogen) atoms. The summed E-state index contributed by atoms with van der Waals surface area (Å²) in [7, 11) is 0. The van der Waals surface area contributed by atoms with Crippen LogP contribution in [0.2, 0.25) is 5.28 Å². The highest BCUT2D eigenvalue weighted by atomic mass is 35.5. The van der Waals surface area contributed by atoms with E-state index in [0.717, 1.165) is 25.7 Å². The molecule has 102 valence electrons. The van der Waals surface area contributed by atoms with Crippen LogP contribution in [-0.4, -0.2) is 27.7 Å². The Hall–Kier alpha value is -1.49. The van der Waals surface area contributed by atoms with Gasteiger partial charge in [0.15, 0.2) is 0 Å². The fraction of sp³-hybridized carbons (Fsp3) is 0.538. The van der Waals surface area contributed by atoms with Gasteiger partial charge < -0.3 is 0 Å². The van der Waals surface area contributed by atoms with Gasteiger partial charge in [-0.25, -0.2) is 9.97 Å². The third-order valence-electron chi connectivity index (χ3n) is 3.22. The molecule has 0 spiro atoms. The van der Waals surface area contributed by atoms with Gasteiger partial charge in [0.05, 0.1) is 6.42 Å². The summed E-state index contributed by atoms with van der Waals surface area (Å²) in [5.41, 5.74) is 0. The van der Waals surface area contributed by atoms with Crippen LogP contribution in [0.3, 0.4) is 0 Å². The zero-order chi connectivity index (χ0) is 13.8. The summed E-state index contributed by atoms with van der Waals surface area (Å²) in [5, 5.41) is 0.108. The van der Waals surface area contributed by atoms with Crippen molar-refractivity contribution < 1.29 is 9.59 Å². The first-order valence-electron chi connectivity index (χ1n) is 6.38. The Labute approximate surface area is 117 Å². The SMILES string of the molecule is CC(=O)CC(=O)N(c1ccnc(Cl)n1)C1CCCC1. The normalized spacial score (nSPS) is 15.5. The topological polar surface area (TPSA) is 63.2 Å². The second kappa shape index (κ2) is 6.10. The molecule has 0 aliphatic heterocycles. The number of hydrogen-bond acceptors (Lipinski definition) is 4. The second-order valence-electron chi connectivity index (χ2n) is 4.76. The lowest BCUT2D eigenvalue weighted by Crippen LogP contribution is -2.40. The molecule has 0 aromatic carbocycles. The molecule has 5 nitrogen and oxygen atoms in total. The van der Waals surface area contributed by atoms with Gasteiger partial charge >= 0.3 is 0 Å². The van der Waals surface area contributed by atoms with Gasteiger partial charge in [0, 0.05) is 12.2 Å². The highest BCUT2D eigenvalue weighted by Crippen LogP contribution is 2.28. The van der Waals surface area contributed by atoms with Crippen molar-refractivity contribution in [3.63, 3.8) is 0 Å². The lowest BCUT2D eigenvalue weighted by molar-refractivity contribution is -0.125. The Bertz CT molecular complexity index is 487. The number of amides is 1. The molecule has 0 saturated heterocycles. The molecule has 1 heterocycles. The van der Waals surface area contributed by atoms with Crippen molar-refractivity contribution in [3.05, 3.63) is 17.5 Å². The van der Waals surface area contributed by atoms with Gasteiger partial charge in [0.2, 0.25) is 11.2 Å². The van der Waals surface area contributed by atoms with Gasteiger partial charge in [-0.2, -0.15) is 0 Å². The largest absolute Gasteiger partial charge is 0.299 e. The number of aromatic nitrogens is 2. The maximum Gasteiger partial charge on any atom is 0.235 e. The summed E-state index contributed by atoms with van der Waals surface area (Å²) >= 11 is 5.78. The average molecular weight is 282 g/mol. The van der Waals surface area contributed by atoms with Crippen LogP contribution in [0.4, 0.5) is 5.82 Å². The fourth-order valence-corrected chi connectivity index (χ4v) is 2.58. The molecule has 1 amide bonds. The van der Waals surface area contributed by atoms with Crippen LogP contribution >= 0.6 is 11.6 Å². The monoisotopic (exact) mass is 281 g/mol. The Morgan fingerprint density at radius 3 is 2.68 bits per heavy atom. The van der Waals surface area contributed by atoms with Gasteiger partial charge in [-0.3, -0.25) is 14.5 Å². The van der Waals surface area contributed by atoms with Crippen LogP contribution in [0.5, 0.6) is 0 Å². The van der Waals surface area contributed by atoms with E-state index in [0.29, 0.717) is 5.82 Å². The molecule has 1 aromatic rings. The maximum atomic E-state index is 12.3.